The molecule has 0 aliphatic rings. The van der Waals surface area contributed by atoms with E-state index in [1.54, 1.807) is 18.2 Å². The molecule has 0 atom stereocenters. The first kappa shape index (κ1) is 15.0. The molecule has 110 valence electrons. The molecule has 0 saturated heterocycles. The van der Waals surface area contributed by atoms with Crippen LogP contribution in [0.15, 0.2) is 54.6 Å². The van der Waals surface area contributed by atoms with Gasteiger partial charge in [-0.05, 0) is 30.2 Å². The van der Waals surface area contributed by atoms with Crippen LogP contribution in [0, 0.1) is 5.82 Å². The molecule has 0 unspecified atom stereocenters. The Kier molecular flexibility index (Phi) is 5.76. The Morgan fingerprint density at radius 1 is 1.05 bits per heavy atom. The number of carbonyl (C=O) groups excluding carboxylic acids is 1. The minimum Gasteiger partial charge on any atom is -0.494 e. The van der Waals surface area contributed by atoms with E-state index in [-0.39, 0.29) is 18.1 Å². The van der Waals surface area contributed by atoms with Crippen LogP contribution in [-0.2, 0) is 11.2 Å². The standard InChI is InChI=1S/C17H18FNO2/c18-16-10-5-4-7-14(16)13-17(20)19-11-6-12-21-15-8-2-1-3-9-15/h1-5,7-10H,6,11-13H2,(H,19,20). The lowest BCUT2D eigenvalue weighted by molar-refractivity contribution is -0.120. The topological polar surface area (TPSA) is 38.3 Å². The Labute approximate surface area is 123 Å². The maximum atomic E-state index is 13.4. The van der Waals surface area contributed by atoms with Crippen molar-refractivity contribution in [1.82, 2.24) is 5.32 Å². The van der Waals surface area contributed by atoms with Gasteiger partial charge < -0.3 is 10.1 Å². The molecular weight excluding hydrogens is 269 g/mol. The van der Waals surface area contributed by atoms with Crippen LogP contribution in [0.1, 0.15) is 12.0 Å². The molecule has 0 saturated carbocycles. The van der Waals surface area contributed by atoms with Crippen molar-refractivity contribution in [1.29, 1.82) is 0 Å². The highest BCUT2D eigenvalue weighted by Crippen LogP contribution is 2.08. The van der Waals surface area contributed by atoms with Crippen molar-refractivity contribution in [2.75, 3.05) is 13.2 Å². The number of benzene rings is 2. The molecule has 2 aromatic rings. The predicted octanol–water partition coefficient (Wildman–Crippen LogP) is 2.95. The molecule has 0 fully saturated rings. The Morgan fingerprint density at radius 3 is 2.52 bits per heavy atom. The lowest BCUT2D eigenvalue weighted by atomic mass is 10.1. The molecular formula is C17H18FNO2. The molecule has 0 bridgehead atoms. The molecule has 0 radical (unpaired) electrons. The van der Waals surface area contributed by atoms with Gasteiger partial charge in [0.1, 0.15) is 11.6 Å². The lowest BCUT2D eigenvalue weighted by Gasteiger charge is -2.07. The van der Waals surface area contributed by atoms with Gasteiger partial charge in [0.2, 0.25) is 5.91 Å². The number of rotatable bonds is 7. The number of hydrogen-bond acceptors (Lipinski definition) is 2. The van der Waals surface area contributed by atoms with E-state index in [0.717, 1.165) is 5.75 Å². The van der Waals surface area contributed by atoms with Crippen LogP contribution in [0.2, 0.25) is 0 Å². The number of para-hydroxylation sites is 1. The van der Waals surface area contributed by atoms with Gasteiger partial charge in [0.15, 0.2) is 0 Å². The summed E-state index contributed by atoms with van der Waals surface area (Å²) in [7, 11) is 0. The first-order chi connectivity index (χ1) is 10.3. The minimum absolute atomic E-state index is 0.0617. The Balaban J connectivity index is 1.63. The third-order valence-electron chi connectivity index (χ3n) is 2.96. The number of nitrogens with one attached hydrogen (secondary N) is 1. The molecule has 4 heteroatoms. The van der Waals surface area contributed by atoms with E-state index >= 15 is 0 Å². The first-order valence-electron chi connectivity index (χ1n) is 6.93. The summed E-state index contributed by atoms with van der Waals surface area (Å²) < 4.78 is 18.9. The maximum Gasteiger partial charge on any atom is 0.224 e. The maximum absolute atomic E-state index is 13.4. The second-order valence-electron chi connectivity index (χ2n) is 4.63. The monoisotopic (exact) mass is 287 g/mol. The third kappa shape index (κ3) is 5.26. The van der Waals surface area contributed by atoms with Gasteiger partial charge in [-0.15, -0.1) is 0 Å². The molecule has 0 spiro atoms. The van der Waals surface area contributed by atoms with Gasteiger partial charge in [0, 0.05) is 6.54 Å². The largest absolute Gasteiger partial charge is 0.494 e. The predicted molar refractivity (Wildman–Crippen MR) is 79.7 cm³/mol. The lowest BCUT2D eigenvalue weighted by Crippen LogP contribution is -2.27. The van der Waals surface area contributed by atoms with Crippen molar-refractivity contribution < 1.29 is 13.9 Å². The number of carbonyl (C=O) groups is 1. The SMILES string of the molecule is O=C(Cc1ccccc1F)NCCCOc1ccccc1. The third-order valence-corrected chi connectivity index (χ3v) is 2.96. The van der Waals surface area contributed by atoms with Gasteiger partial charge in [-0.3, -0.25) is 4.79 Å². The van der Waals surface area contributed by atoms with E-state index in [0.29, 0.717) is 25.1 Å². The second-order valence-corrected chi connectivity index (χ2v) is 4.63. The smallest absolute Gasteiger partial charge is 0.224 e. The summed E-state index contributed by atoms with van der Waals surface area (Å²) in [5.41, 5.74) is 0.413. The zero-order valence-electron chi connectivity index (χ0n) is 11.7. The van der Waals surface area contributed by atoms with Gasteiger partial charge in [-0.1, -0.05) is 36.4 Å². The van der Waals surface area contributed by atoms with Crippen molar-refractivity contribution in [3.63, 3.8) is 0 Å². The Hall–Kier alpha value is -2.36. The molecule has 0 heterocycles. The van der Waals surface area contributed by atoms with Crippen molar-refractivity contribution in [3.05, 3.63) is 66.0 Å². The van der Waals surface area contributed by atoms with Crippen LogP contribution in [0.4, 0.5) is 4.39 Å². The highest BCUT2D eigenvalue weighted by Gasteiger charge is 2.06. The number of amides is 1. The van der Waals surface area contributed by atoms with Gasteiger partial charge in [0.25, 0.3) is 0 Å². The van der Waals surface area contributed by atoms with Crippen LogP contribution < -0.4 is 10.1 Å². The first-order valence-corrected chi connectivity index (χ1v) is 6.93. The Bertz CT molecular complexity index is 572. The molecule has 2 rings (SSSR count). The Morgan fingerprint density at radius 2 is 1.76 bits per heavy atom. The van der Waals surface area contributed by atoms with Crippen molar-refractivity contribution in [2.24, 2.45) is 0 Å². The van der Waals surface area contributed by atoms with Gasteiger partial charge in [0.05, 0.1) is 13.0 Å². The highest BCUT2D eigenvalue weighted by molar-refractivity contribution is 5.78. The summed E-state index contributed by atoms with van der Waals surface area (Å²) in [5.74, 6) is 0.287. The molecule has 2 aromatic carbocycles. The van der Waals surface area contributed by atoms with Crippen molar-refractivity contribution in [3.8, 4) is 5.75 Å². The summed E-state index contributed by atoms with van der Waals surface area (Å²) in [5, 5.41) is 2.76. The minimum atomic E-state index is -0.347. The average Bonchev–Trinajstić information content (AvgIpc) is 2.50. The average molecular weight is 287 g/mol. The summed E-state index contributed by atoms with van der Waals surface area (Å²) in [6.07, 6.45) is 0.768. The summed E-state index contributed by atoms with van der Waals surface area (Å²) in [6, 6.07) is 15.8. The molecule has 1 N–H and O–H groups in total. The van der Waals surface area contributed by atoms with E-state index in [4.69, 9.17) is 4.74 Å². The highest BCUT2D eigenvalue weighted by atomic mass is 19.1. The van der Waals surface area contributed by atoms with Crippen LogP contribution in [0.25, 0.3) is 0 Å². The quantitative estimate of drug-likeness (QED) is 0.795. The number of ether oxygens (including phenoxy) is 1. The fourth-order valence-corrected chi connectivity index (χ4v) is 1.88. The number of hydrogen-bond donors (Lipinski definition) is 1. The second kappa shape index (κ2) is 8.04. The van der Waals surface area contributed by atoms with Crippen LogP contribution in [0.3, 0.4) is 0 Å². The molecule has 3 nitrogen and oxygen atoms in total. The van der Waals surface area contributed by atoms with Gasteiger partial charge in [-0.2, -0.15) is 0 Å². The normalized spacial score (nSPS) is 10.1. The zero-order valence-corrected chi connectivity index (χ0v) is 11.7. The van der Waals surface area contributed by atoms with Crippen molar-refractivity contribution in [2.45, 2.75) is 12.8 Å². The molecule has 0 aromatic heterocycles. The fourth-order valence-electron chi connectivity index (χ4n) is 1.88. The van der Waals surface area contributed by atoms with E-state index in [9.17, 15) is 9.18 Å². The van der Waals surface area contributed by atoms with E-state index in [2.05, 4.69) is 5.32 Å². The number of halogens is 1. The summed E-state index contributed by atoms with van der Waals surface area (Å²) >= 11 is 0. The molecule has 1 amide bonds. The zero-order chi connectivity index (χ0) is 14.9. The summed E-state index contributed by atoms with van der Waals surface area (Å²) in [6.45, 7) is 1.05. The van der Waals surface area contributed by atoms with E-state index < -0.39 is 0 Å². The molecule has 0 aliphatic carbocycles. The van der Waals surface area contributed by atoms with Gasteiger partial charge in [-0.25, -0.2) is 4.39 Å². The van der Waals surface area contributed by atoms with Crippen LogP contribution >= 0.6 is 0 Å². The summed E-state index contributed by atoms with van der Waals surface area (Å²) in [4.78, 5) is 11.7. The molecule has 0 aliphatic heterocycles. The van der Waals surface area contributed by atoms with Crippen LogP contribution in [-0.4, -0.2) is 19.1 Å². The van der Waals surface area contributed by atoms with E-state index in [1.807, 2.05) is 30.3 Å². The van der Waals surface area contributed by atoms with Gasteiger partial charge >= 0.3 is 0 Å². The van der Waals surface area contributed by atoms with E-state index in [1.165, 1.54) is 6.07 Å². The van der Waals surface area contributed by atoms with Crippen molar-refractivity contribution >= 4 is 5.91 Å². The fraction of sp³-hybridized carbons (Fsp3) is 0.235. The van der Waals surface area contributed by atoms with Crippen LogP contribution in [0.5, 0.6) is 5.75 Å². The molecule has 21 heavy (non-hydrogen) atoms.